The van der Waals surface area contributed by atoms with Crippen molar-refractivity contribution in [3.63, 3.8) is 0 Å². The monoisotopic (exact) mass is 339 g/mol. The lowest BCUT2D eigenvalue weighted by atomic mass is 10.1. The number of aromatic nitrogens is 1. The first kappa shape index (κ1) is 16.2. The number of morpholine rings is 1. The molecule has 7 nitrogen and oxygen atoms in total. The van der Waals surface area contributed by atoms with Crippen molar-refractivity contribution in [2.45, 2.75) is 6.42 Å². The van der Waals surface area contributed by atoms with Crippen LogP contribution in [0.4, 0.5) is 5.82 Å². The lowest BCUT2D eigenvalue weighted by Gasteiger charge is -2.27. The standard InChI is InChI=1S/C15H21N3O4S/c19-15(17-9-12-3-8-23(20,21)11-12)13-1-2-14(16-10-13)18-4-6-22-7-5-18/h1-2,10,12H,3-9,11H2,(H,17,19). The van der Waals surface area contributed by atoms with Gasteiger partial charge in [0.1, 0.15) is 5.82 Å². The van der Waals surface area contributed by atoms with Crippen molar-refractivity contribution in [1.29, 1.82) is 0 Å². The van der Waals surface area contributed by atoms with Crippen LogP contribution in [0.2, 0.25) is 0 Å². The molecule has 0 spiro atoms. The van der Waals surface area contributed by atoms with Gasteiger partial charge in [-0.3, -0.25) is 4.79 Å². The van der Waals surface area contributed by atoms with E-state index in [-0.39, 0.29) is 23.3 Å². The fourth-order valence-corrected chi connectivity index (χ4v) is 4.73. The summed E-state index contributed by atoms with van der Waals surface area (Å²) in [6.07, 6.45) is 2.18. The van der Waals surface area contributed by atoms with E-state index in [4.69, 9.17) is 4.74 Å². The summed E-state index contributed by atoms with van der Waals surface area (Å²) < 4.78 is 28.1. The molecule has 3 heterocycles. The molecule has 1 atom stereocenters. The smallest absolute Gasteiger partial charge is 0.252 e. The van der Waals surface area contributed by atoms with Gasteiger partial charge in [-0.25, -0.2) is 13.4 Å². The van der Waals surface area contributed by atoms with E-state index in [0.29, 0.717) is 31.7 Å². The van der Waals surface area contributed by atoms with Crippen LogP contribution in [-0.4, -0.2) is 63.7 Å². The number of nitrogens with one attached hydrogen (secondary N) is 1. The van der Waals surface area contributed by atoms with Crippen molar-refractivity contribution in [3.05, 3.63) is 23.9 Å². The number of anilines is 1. The van der Waals surface area contributed by atoms with Gasteiger partial charge in [0.2, 0.25) is 0 Å². The van der Waals surface area contributed by atoms with Crippen LogP contribution < -0.4 is 10.2 Å². The van der Waals surface area contributed by atoms with Crippen molar-refractivity contribution in [2.75, 3.05) is 49.3 Å². The van der Waals surface area contributed by atoms with Crippen molar-refractivity contribution < 1.29 is 17.9 Å². The first-order valence-corrected chi connectivity index (χ1v) is 9.63. The third kappa shape index (κ3) is 4.20. The highest BCUT2D eigenvalue weighted by atomic mass is 32.2. The number of rotatable bonds is 4. The first-order chi connectivity index (χ1) is 11.0. The minimum absolute atomic E-state index is 0.0181. The minimum Gasteiger partial charge on any atom is -0.378 e. The van der Waals surface area contributed by atoms with E-state index in [0.717, 1.165) is 18.9 Å². The second-order valence-corrected chi connectivity index (χ2v) is 8.21. The molecule has 126 valence electrons. The molecule has 0 saturated carbocycles. The fourth-order valence-electron chi connectivity index (χ4n) is 2.87. The minimum atomic E-state index is -2.91. The van der Waals surface area contributed by atoms with Crippen molar-refractivity contribution in [1.82, 2.24) is 10.3 Å². The van der Waals surface area contributed by atoms with Gasteiger partial charge in [0.15, 0.2) is 9.84 Å². The maximum atomic E-state index is 12.1. The van der Waals surface area contributed by atoms with E-state index in [2.05, 4.69) is 15.2 Å². The Balaban J connectivity index is 1.53. The first-order valence-electron chi connectivity index (χ1n) is 7.81. The van der Waals surface area contributed by atoms with Gasteiger partial charge in [-0.15, -0.1) is 0 Å². The molecule has 8 heteroatoms. The molecule has 3 rings (SSSR count). The topological polar surface area (TPSA) is 88.6 Å². The van der Waals surface area contributed by atoms with Crippen LogP contribution in [-0.2, 0) is 14.6 Å². The molecule has 0 aliphatic carbocycles. The van der Waals surface area contributed by atoms with Crippen molar-refractivity contribution >= 4 is 21.6 Å². The van der Waals surface area contributed by atoms with E-state index < -0.39 is 9.84 Å². The highest BCUT2D eigenvalue weighted by molar-refractivity contribution is 7.91. The van der Waals surface area contributed by atoms with Crippen LogP contribution in [0.1, 0.15) is 16.8 Å². The van der Waals surface area contributed by atoms with Gasteiger partial charge >= 0.3 is 0 Å². The van der Waals surface area contributed by atoms with Crippen LogP contribution in [0.25, 0.3) is 0 Å². The normalized spacial score (nSPS) is 23.7. The Morgan fingerprint density at radius 2 is 2.13 bits per heavy atom. The zero-order valence-electron chi connectivity index (χ0n) is 12.9. The van der Waals surface area contributed by atoms with Gasteiger partial charge in [-0.1, -0.05) is 0 Å². The second kappa shape index (κ2) is 6.84. The Morgan fingerprint density at radius 1 is 1.35 bits per heavy atom. The number of sulfone groups is 1. The summed E-state index contributed by atoms with van der Waals surface area (Å²) in [4.78, 5) is 18.6. The van der Waals surface area contributed by atoms with Crippen LogP contribution in [0.5, 0.6) is 0 Å². The van der Waals surface area contributed by atoms with Crippen LogP contribution in [0.15, 0.2) is 18.3 Å². The maximum Gasteiger partial charge on any atom is 0.252 e. The summed E-state index contributed by atoms with van der Waals surface area (Å²) in [5.41, 5.74) is 0.489. The highest BCUT2D eigenvalue weighted by Crippen LogP contribution is 2.18. The lowest BCUT2D eigenvalue weighted by molar-refractivity contribution is 0.0948. The Morgan fingerprint density at radius 3 is 2.74 bits per heavy atom. The quantitative estimate of drug-likeness (QED) is 0.836. The SMILES string of the molecule is O=C(NCC1CCS(=O)(=O)C1)c1ccc(N2CCOCC2)nc1. The lowest BCUT2D eigenvalue weighted by Crippen LogP contribution is -2.36. The number of hydrogen-bond acceptors (Lipinski definition) is 6. The van der Waals surface area contributed by atoms with Crippen LogP contribution in [0, 0.1) is 5.92 Å². The van der Waals surface area contributed by atoms with Gasteiger partial charge < -0.3 is 15.0 Å². The average molecular weight is 339 g/mol. The van der Waals surface area contributed by atoms with Crippen LogP contribution in [0.3, 0.4) is 0 Å². The van der Waals surface area contributed by atoms with Crippen molar-refractivity contribution in [3.8, 4) is 0 Å². The van der Waals surface area contributed by atoms with E-state index in [1.807, 2.05) is 6.07 Å². The highest BCUT2D eigenvalue weighted by Gasteiger charge is 2.28. The number of pyridine rings is 1. The molecule has 1 unspecified atom stereocenters. The zero-order chi connectivity index (χ0) is 16.3. The maximum absolute atomic E-state index is 12.1. The predicted molar refractivity (Wildman–Crippen MR) is 86.4 cm³/mol. The molecule has 1 aromatic heterocycles. The van der Waals surface area contributed by atoms with Crippen molar-refractivity contribution in [2.24, 2.45) is 5.92 Å². The Bertz CT molecular complexity index is 654. The molecule has 0 radical (unpaired) electrons. The molecule has 1 amide bonds. The molecule has 1 aromatic rings. The number of hydrogen-bond donors (Lipinski definition) is 1. The Hall–Kier alpha value is -1.67. The molecule has 2 saturated heterocycles. The molecule has 23 heavy (non-hydrogen) atoms. The molecule has 0 aromatic carbocycles. The van der Waals surface area contributed by atoms with E-state index in [9.17, 15) is 13.2 Å². The summed E-state index contributed by atoms with van der Waals surface area (Å²) in [7, 11) is -2.91. The number of nitrogens with zero attached hydrogens (tertiary/aromatic N) is 2. The Kier molecular flexibility index (Phi) is 4.82. The third-order valence-electron chi connectivity index (χ3n) is 4.22. The van der Waals surface area contributed by atoms with Gasteiger partial charge in [0.05, 0.1) is 30.3 Å². The average Bonchev–Trinajstić information content (AvgIpc) is 2.93. The van der Waals surface area contributed by atoms with Gasteiger partial charge in [0, 0.05) is 25.8 Å². The number of amides is 1. The molecule has 2 fully saturated rings. The van der Waals surface area contributed by atoms with E-state index in [1.54, 1.807) is 12.3 Å². The second-order valence-electron chi connectivity index (χ2n) is 5.98. The molecular weight excluding hydrogens is 318 g/mol. The summed E-state index contributed by atoms with van der Waals surface area (Å²) in [5, 5.41) is 2.80. The third-order valence-corrected chi connectivity index (χ3v) is 6.06. The Labute approximate surface area is 135 Å². The van der Waals surface area contributed by atoms with Gasteiger partial charge in [-0.05, 0) is 24.5 Å². The zero-order valence-corrected chi connectivity index (χ0v) is 13.7. The summed E-state index contributed by atoms with van der Waals surface area (Å²) >= 11 is 0. The molecule has 2 aliphatic heterocycles. The van der Waals surface area contributed by atoms with E-state index in [1.165, 1.54) is 0 Å². The van der Waals surface area contributed by atoms with Gasteiger partial charge in [-0.2, -0.15) is 0 Å². The number of carbonyl (C=O) groups is 1. The van der Waals surface area contributed by atoms with Gasteiger partial charge in [0.25, 0.3) is 5.91 Å². The summed E-state index contributed by atoms with van der Waals surface area (Å²) in [6.45, 7) is 3.37. The largest absolute Gasteiger partial charge is 0.378 e. The molecule has 0 bridgehead atoms. The number of ether oxygens (including phenoxy) is 1. The molecule has 2 aliphatic rings. The molecular formula is C15H21N3O4S. The van der Waals surface area contributed by atoms with Crippen LogP contribution >= 0.6 is 0 Å². The molecule has 1 N–H and O–H groups in total. The summed E-state index contributed by atoms with van der Waals surface area (Å²) in [6, 6.07) is 3.58. The van der Waals surface area contributed by atoms with E-state index >= 15 is 0 Å². The predicted octanol–water partition coefficient (Wildman–Crippen LogP) is 0.0827. The summed E-state index contributed by atoms with van der Waals surface area (Å²) in [5.74, 6) is 1.04. The fraction of sp³-hybridized carbons (Fsp3) is 0.600. The number of carbonyl (C=O) groups excluding carboxylic acids is 1.